The highest BCUT2D eigenvalue weighted by atomic mass is 35.5. The molecule has 1 aromatic rings. The van der Waals surface area contributed by atoms with Gasteiger partial charge in [0, 0.05) is 11.4 Å². The molecule has 2 atom stereocenters. The number of alkyl halides is 1. The summed E-state index contributed by atoms with van der Waals surface area (Å²) in [5.74, 6) is 1.51. The molecule has 1 aliphatic carbocycles. The highest BCUT2D eigenvalue weighted by Crippen LogP contribution is 2.37. The summed E-state index contributed by atoms with van der Waals surface area (Å²) in [6, 6.07) is 0.840. The lowest BCUT2D eigenvalue weighted by atomic mass is 9.85. The highest BCUT2D eigenvalue weighted by molar-refractivity contribution is 7.09. The molecule has 0 amide bonds. The summed E-state index contributed by atoms with van der Waals surface area (Å²) in [5, 5.41) is 3.34. The quantitative estimate of drug-likeness (QED) is 0.780. The van der Waals surface area contributed by atoms with Crippen molar-refractivity contribution in [3.05, 3.63) is 16.1 Å². The van der Waals surface area contributed by atoms with Crippen molar-refractivity contribution in [2.75, 3.05) is 6.54 Å². The normalized spacial score (nSPS) is 29.5. The Morgan fingerprint density at radius 3 is 3.06 bits per heavy atom. The molecule has 2 fully saturated rings. The molecule has 4 heteroatoms. The molecule has 1 aromatic heterocycles. The summed E-state index contributed by atoms with van der Waals surface area (Å²) in [4.78, 5) is 7.23. The molecule has 2 nitrogen and oxygen atoms in total. The smallest absolute Gasteiger partial charge is 0.107 e. The molecule has 2 unspecified atom stereocenters. The van der Waals surface area contributed by atoms with Crippen LogP contribution in [0.1, 0.15) is 42.8 Å². The van der Waals surface area contributed by atoms with Crippen molar-refractivity contribution in [1.82, 2.24) is 9.88 Å². The predicted molar refractivity (Wildman–Crippen MR) is 72.4 cm³/mol. The summed E-state index contributed by atoms with van der Waals surface area (Å²) < 4.78 is 0. The van der Waals surface area contributed by atoms with Crippen molar-refractivity contribution in [1.29, 1.82) is 0 Å². The number of nitrogens with zero attached hydrogens (tertiary/aromatic N) is 2. The average molecular weight is 271 g/mol. The summed E-state index contributed by atoms with van der Waals surface area (Å²) in [7, 11) is 0. The Morgan fingerprint density at radius 1 is 1.35 bits per heavy atom. The van der Waals surface area contributed by atoms with Crippen LogP contribution >= 0.6 is 22.9 Å². The van der Waals surface area contributed by atoms with E-state index in [1.165, 1.54) is 43.7 Å². The molecule has 0 spiro atoms. The number of hydrogen-bond donors (Lipinski definition) is 0. The first-order valence-electron chi connectivity index (χ1n) is 6.60. The largest absolute Gasteiger partial charge is 0.293 e. The van der Waals surface area contributed by atoms with Crippen molar-refractivity contribution in [2.24, 2.45) is 5.92 Å². The molecule has 0 N–H and O–H groups in total. The van der Waals surface area contributed by atoms with E-state index in [0.717, 1.165) is 24.2 Å². The van der Waals surface area contributed by atoms with E-state index >= 15 is 0 Å². The van der Waals surface area contributed by atoms with Gasteiger partial charge in [-0.2, -0.15) is 0 Å². The van der Waals surface area contributed by atoms with Gasteiger partial charge in [-0.25, -0.2) is 4.98 Å². The number of hydrogen-bond acceptors (Lipinski definition) is 3. The number of rotatable bonds is 3. The lowest BCUT2D eigenvalue weighted by molar-refractivity contribution is 0.176. The Labute approximate surface area is 112 Å². The van der Waals surface area contributed by atoms with Gasteiger partial charge in [-0.3, -0.25) is 4.90 Å². The molecule has 0 bridgehead atoms. The van der Waals surface area contributed by atoms with Gasteiger partial charge in [0.1, 0.15) is 5.01 Å². The Hall–Kier alpha value is -0.120. The number of fused-ring (bicyclic) bond motifs is 1. The summed E-state index contributed by atoms with van der Waals surface area (Å²) in [6.45, 7) is 2.31. The molecule has 0 aromatic carbocycles. The van der Waals surface area contributed by atoms with Gasteiger partial charge in [0.25, 0.3) is 0 Å². The van der Waals surface area contributed by atoms with Crippen LogP contribution in [0.4, 0.5) is 0 Å². The molecule has 3 rings (SSSR count). The summed E-state index contributed by atoms with van der Waals surface area (Å²) in [5.41, 5.74) is 1.03. The SMILES string of the molecule is ClCc1csc(CN2CCC3CCCCC32)n1. The van der Waals surface area contributed by atoms with Gasteiger partial charge in [-0.1, -0.05) is 12.8 Å². The van der Waals surface area contributed by atoms with E-state index in [1.54, 1.807) is 11.3 Å². The van der Waals surface area contributed by atoms with Crippen LogP contribution < -0.4 is 0 Å². The number of likely N-dealkylation sites (tertiary alicyclic amines) is 1. The van der Waals surface area contributed by atoms with Crippen molar-refractivity contribution in [3.63, 3.8) is 0 Å². The lowest BCUT2D eigenvalue weighted by Crippen LogP contribution is -2.34. The topological polar surface area (TPSA) is 16.1 Å². The van der Waals surface area contributed by atoms with Gasteiger partial charge in [0.15, 0.2) is 0 Å². The van der Waals surface area contributed by atoms with Gasteiger partial charge in [0.2, 0.25) is 0 Å². The second kappa shape index (κ2) is 5.25. The first-order chi connectivity index (χ1) is 8.36. The van der Waals surface area contributed by atoms with Gasteiger partial charge in [0.05, 0.1) is 18.1 Å². The Balaban J connectivity index is 1.65. The average Bonchev–Trinajstić information content (AvgIpc) is 2.97. The molecule has 1 aliphatic heterocycles. The summed E-state index contributed by atoms with van der Waals surface area (Å²) in [6.07, 6.45) is 7.12. The highest BCUT2D eigenvalue weighted by Gasteiger charge is 2.35. The van der Waals surface area contributed by atoms with E-state index in [1.807, 2.05) is 0 Å². The summed E-state index contributed by atoms with van der Waals surface area (Å²) >= 11 is 7.56. The van der Waals surface area contributed by atoms with Gasteiger partial charge < -0.3 is 0 Å². The maximum Gasteiger partial charge on any atom is 0.107 e. The van der Waals surface area contributed by atoms with Crippen LogP contribution in [0.5, 0.6) is 0 Å². The van der Waals surface area contributed by atoms with Crippen LogP contribution in [0, 0.1) is 5.92 Å². The molecule has 17 heavy (non-hydrogen) atoms. The van der Waals surface area contributed by atoms with Crippen molar-refractivity contribution in [2.45, 2.75) is 50.6 Å². The zero-order valence-electron chi connectivity index (χ0n) is 10.1. The molecular formula is C13H19ClN2S. The van der Waals surface area contributed by atoms with Crippen LogP contribution in [0.2, 0.25) is 0 Å². The first-order valence-corrected chi connectivity index (χ1v) is 8.01. The van der Waals surface area contributed by atoms with Crippen LogP contribution in [-0.4, -0.2) is 22.5 Å². The van der Waals surface area contributed by atoms with Gasteiger partial charge >= 0.3 is 0 Å². The van der Waals surface area contributed by atoms with Crippen molar-refractivity contribution in [3.8, 4) is 0 Å². The monoisotopic (exact) mass is 270 g/mol. The van der Waals surface area contributed by atoms with Crippen LogP contribution in [0.3, 0.4) is 0 Å². The number of halogens is 1. The second-order valence-corrected chi connectivity index (χ2v) is 6.45. The molecule has 2 aliphatic rings. The van der Waals surface area contributed by atoms with Crippen LogP contribution in [-0.2, 0) is 12.4 Å². The molecule has 94 valence electrons. The maximum absolute atomic E-state index is 5.80. The van der Waals surface area contributed by atoms with Gasteiger partial charge in [-0.15, -0.1) is 22.9 Å². The Morgan fingerprint density at radius 2 is 2.24 bits per heavy atom. The van der Waals surface area contributed by atoms with E-state index in [2.05, 4.69) is 15.3 Å². The Kier molecular flexibility index (Phi) is 3.69. The third-order valence-corrected chi connectivity index (χ3v) is 5.36. The fraction of sp³-hybridized carbons (Fsp3) is 0.769. The third-order valence-electron chi connectivity index (χ3n) is 4.20. The van der Waals surface area contributed by atoms with Crippen LogP contribution in [0.25, 0.3) is 0 Å². The maximum atomic E-state index is 5.80. The molecule has 2 heterocycles. The number of thiazole rings is 1. The van der Waals surface area contributed by atoms with E-state index in [0.29, 0.717) is 5.88 Å². The minimum absolute atomic E-state index is 0.544. The first kappa shape index (κ1) is 11.9. The van der Waals surface area contributed by atoms with E-state index in [9.17, 15) is 0 Å². The van der Waals surface area contributed by atoms with Gasteiger partial charge in [-0.05, 0) is 31.7 Å². The number of aromatic nitrogens is 1. The van der Waals surface area contributed by atoms with Crippen LogP contribution in [0.15, 0.2) is 5.38 Å². The lowest BCUT2D eigenvalue weighted by Gasteiger charge is -2.31. The van der Waals surface area contributed by atoms with E-state index in [4.69, 9.17) is 11.6 Å². The molecule has 0 radical (unpaired) electrons. The van der Waals surface area contributed by atoms with E-state index < -0.39 is 0 Å². The third kappa shape index (κ3) is 2.51. The van der Waals surface area contributed by atoms with Crippen molar-refractivity contribution >= 4 is 22.9 Å². The standard InChI is InChI=1S/C13H19ClN2S/c14-7-11-9-17-13(15-11)8-16-6-5-10-3-1-2-4-12(10)16/h9-10,12H,1-8H2. The molecular weight excluding hydrogens is 252 g/mol. The Bertz CT molecular complexity index is 379. The predicted octanol–water partition coefficient (Wildman–Crippen LogP) is 3.65. The van der Waals surface area contributed by atoms with E-state index in [-0.39, 0.29) is 0 Å². The zero-order valence-corrected chi connectivity index (χ0v) is 11.6. The minimum atomic E-state index is 0.544. The fourth-order valence-corrected chi connectivity index (χ4v) is 4.40. The minimum Gasteiger partial charge on any atom is -0.293 e. The molecule has 1 saturated heterocycles. The fourth-order valence-electron chi connectivity index (χ4n) is 3.36. The van der Waals surface area contributed by atoms with Crippen molar-refractivity contribution < 1.29 is 0 Å². The second-order valence-electron chi connectivity index (χ2n) is 5.24. The zero-order chi connectivity index (χ0) is 11.7. The molecule has 1 saturated carbocycles.